The summed E-state index contributed by atoms with van der Waals surface area (Å²) in [6.07, 6.45) is 3.36. The molecule has 8 nitrogen and oxygen atoms in total. The number of nitrogen functional groups attached to an aromatic ring is 1. The van der Waals surface area contributed by atoms with Crippen LogP contribution in [0.5, 0.6) is 0 Å². The molecule has 3 rings (SSSR count). The molecule has 33 heavy (non-hydrogen) atoms. The van der Waals surface area contributed by atoms with Gasteiger partial charge in [-0.15, -0.1) is 0 Å². The highest BCUT2D eigenvalue weighted by Crippen LogP contribution is 2.29. The van der Waals surface area contributed by atoms with Crippen LogP contribution in [0.15, 0.2) is 65.9 Å². The van der Waals surface area contributed by atoms with E-state index in [9.17, 15) is 9.59 Å². The van der Waals surface area contributed by atoms with Crippen LogP contribution >= 0.6 is 23.2 Å². The van der Waals surface area contributed by atoms with E-state index in [0.29, 0.717) is 51.1 Å². The van der Waals surface area contributed by atoms with Crippen molar-refractivity contribution in [2.24, 2.45) is 16.5 Å². The van der Waals surface area contributed by atoms with Crippen LogP contribution in [0.2, 0.25) is 10.0 Å². The maximum absolute atomic E-state index is 13.0. The Balaban J connectivity index is 1.84. The first-order valence-electron chi connectivity index (χ1n) is 9.94. The summed E-state index contributed by atoms with van der Waals surface area (Å²) in [5.74, 6) is -1.46. The molecule has 0 radical (unpaired) electrons. The summed E-state index contributed by atoms with van der Waals surface area (Å²) in [5, 5.41) is 3.58. The minimum absolute atomic E-state index is 0.0756. The van der Waals surface area contributed by atoms with Gasteiger partial charge in [0.25, 0.3) is 5.91 Å². The van der Waals surface area contributed by atoms with E-state index in [4.69, 9.17) is 40.4 Å². The lowest BCUT2D eigenvalue weighted by Crippen LogP contribution is -2.24. The number of nitrogens with zero attached hydrogens (tertiary/aromatic N) is 2. The Morgan fingerprint density at radius 3 is 2.42 bits per heavy atom. The van der Waals surface area contributed by atoms with Crippen LogP contribution in [0.1, 0.15) is 33.8 Å². The number of nitrogens with two attached hydrogens (primary N) is 3. The molecule has 7 N–H and O–H groups in total. The third kappa shape index (κ3) is 6.07. The predicted molar refractivity (Wildman–Crippen MR) is 132 cm³/mol. The van der Waals surface area contributed by atoms with Gasteiger partial charge in [-0.3, -0.25) is 14.6 Å². The number of benzene rings is 2. The molecule has 0 saturated carbocycles. The molecule has 1 heterocycles. The van der Waals surface area contributed by atoms with Crippen molar-refractivity contribution < 1.29 is 9.59 Å². The molecule has 0 aliphatic heterocycles. The van der Waals surface area contributed by atoms with Crippen LogP contribution in [0, 0.1) is 0 Å². The van der Waals surface area contributed by atoms with Gasteiger partial charge in [0.05, 0.1) is 16.0 Å². The van der Waals surface area contributed by atoms with Crippen LogP contribution in [-0.4, -0.2) is 29.2 Å². The number of halogens is 2. The van der Waals surface area contributed by atoms with Crippen molar-refractivity contribution >= 4 is 52.2 Å². The Morgan fingerprint density at radius 2 is 1.76 bits per heavy atom. The Hall–Kier alpha value is -3.46. The minimum atomic E-state index is -0.551. The first kappa shape index (κ1) is 24.2. The summed E-state index contributed by atoms with van der Waals surface area (Å²) in [6, 6.07) is 12.8. The molecule has 1 aromatic heterocycles. The maximum atomic E-state index is 13.0. The molecule has 10 heteroatoms. The predicted octanol–water partition coefficient (Wildman–Crippen LogP) is 3.59. The van der Waals surface area contributed by atoms with Gasteiger partial charge >= 0.3 is 0 Å². The topological polar surface area (TPSA) is 149 Å². The van der Waals surface area contributed by atoms with Crippen LogP contribution in [0.3, 0.4) is 0 Å². The number of aromatic nitrogens is 1. The summed E-state index contributed by atoms with van der Waals surface area (Å²) < 4.78 is 0. The molecule has 2 amide bonds. The summed E-state index contributed by atoms with van der Waals surface area (Å²) in [5.41, 5.74) is 19.9. The number of amidine groups is 1. The fraction of sp³-hybridized carbons (Fsp3) is 0.130. The zero-order valence-electron chi connectivity index (χ0n) is 17.5. The Kier molecular flexibility index (Phi) is 8.00. The molecule has 0 spiro atoms. The number of hydrogen-bond acceptors (Lipinski definition) is 5. The quantitative estimate of drug-likeness (QED) is 0.228. The Bertz CT molecular complexity index is 1200. The van der Waals surface area contributed by atoms with E-state index in [0.717, 1.165) is 0 Å². The summed E-state index contributed by atoms with van der Waals surface area (Å²) >= 11 is 12.1. The van der Waals surface area contributed by atoms with Gasteiger partial charge in [0.15, 0.2) is 0 Å². The van der Waals surface area contributed by atoms with Gasteiger partial charge < -0.3 is 22.5 Å². The average molecular weight is 485 g/mol. The second-order valence-corrected chi connectivity index (χ2v) is 7.95. The number of hydrogen-bond donors (Lipinski definition) is 4. The lowest BCUT2D eigenvalue weighted by Gasteiger charge is -2.18. The number of amides is 2. The molecule has 3 aromatic rings. The van der Waals surface area contributed by atoms with Crippen molar-refractivity contribution in [3.63, 3.8) is 0 Å². The molecular formula is C23H22Cl2N6O2. The van der Waals surface area contributed by atoms with Gasteiger partial charge in [-0.25, -0.2) is 0 Å². The van der Waals surface area contributed by atoms with Crippen molar-refractivity contribution in [3.8, 4) is 0 Å². The zero-order chi connectivity index (χ0) is 24.0. The van der Waals surface area contributed by atoms with Crippen LogP contribution in [-0.2, 0) is 4.79 Å². The fourth-order valence-corrected chi connectivity index (χ4v) is 3.47. The number of aliphatic imine (C=N–C) groups is 1. The molecule has 1 unspecified atom stereocenters. The highest BCUT2D eigenvalue weighted by molar-refractivity contribution is 6.42. The Morgan fingerprint density at radius 1 is 1.03 bits per heavy atom. The molecule has 0 aliphatic carbocycles. The van der Waals surface area contributed by atoms with Gasteiger partial charge in [-0.1, -0.05) is 29.3 Å². The van der Waals surface area contributed by atoms with Gasteiger partial charge in [-0.05, 0) is 61.0 Å². The number of nitrogens with one attached hydrogen (secondary N) is 1. The second-order valence-electron chi connectivity index (χ2n) is 7.13. The van der Waals surface area contributed by atoms with E-state index in [1.165, 1.54) is 24.5 Å². The van der Waals surface area contributed by atoms with E-state index in [2.05, 4.69) is 15.3 Å². The smallest absolute Gasteiger partial charge is 0.279 e. The summed E-state index contributed by atoms with van der Waals surface area (Å²) in [7, 11) is 0. The van der Waals surface area contributed by atoms with E-state index < -0.39 is 11.8 Å². The summed E-state index contributed by atoms with van der Waals surface area (Å²) in [4.78, 5) is 33.1. The minimum Gasteiger partial charge on any atom is -0.398 e. The maximum Gasteiger partial charge on any atom is 0.279 e. The molecule has 0 aliphatic rings. The van der Waals surface area contributed by atoms with Gasteiger partial charge in [-0.2, -0.15) is 4.99 Å². The normalized spacial score (nSPS) is 12.3. The number of pyridine rings is 1. The van der Waals surface area contributed by atoms with E-state index in [1.54, 1.807) is 36.4 Å². The molecular weight excluding hydrogens is 463 g/mol. The highest BCUT2D eigenvalue weighted by atomic mass is 35.5. The zero-order valence-corrected chi connectivity index (χ0v) is 19.0. The standard InChI is InChI=1S/C23H22Cl2N6O2/c24-18-3-1-14(11-19(18)25)16(5-8-26)23(33)30-15-2-4-20(27)17(12-15)21(28)31-22(32)13-6-9-29-10-7-13/h1-4,6-7,9-12,16H,5,8,26-27H2,(H,30,33)(H2,28,31,32). The van der Waals surface area contributed by atoms with Crippen molar-refractivity contribution in [1.82, 2.24) is 4.98 Å². The summed E-state index contributed by atoms with van der Waals surface area (Å²) in [6.45, 7) is 0.294. The van der Waals surface area contributed by atoms with Crippen LogP contribution in [0.4, 0.5) is 11.4 Å². The molecule has 2 aromatic carbocycles. The van der Waals surface area contributed by atoms with E-state index in [1.807, 2.05) is 0 Å². The number of carbonyl (C=O) groups is 2. The second kappa shape index (κ2) is 10.9. The molecule has 170 valence electrons. The molecule has 0 saturated heterocycles. The lowest BCUT2D eigenvalue weighted by atomic mass is 9.94. The van der Waals surface area contributed by atoms with Crippen LogP contribution < -0.4 is 22.5 Å². The molecule has 1 atom stereocenters. The first-order valence-corrected chi connectivity index (χ1v) is 10.7. The molecule has 0 bridgehead atoms. The number of rotatable bonds is 7. The van der Waals surface area contributed by atoms with E-state index in [-0.39, 0.29) is 11.7 Å². The first-order chi connectivity index (χ1) is 15.8. The SMILES string of the molecule is NCCC(C(=O)Nc1ccc(N)c(C(N)=NC(=O)c2ccncc2)c1)c1ccc(Cl)c(Cl)c1. The van der Waals surface area contributed by atoms with Crippen molar-refractivity contribution in [3.05, 3.63) is 87.7 Å². The van der Waals surface area contributed by atoms with Gasteiger partial charge in [0, 0.05) is 34.9 Å². The lowest BCUT2D eigenvalue weighted by molar-refractivity contribution is -0.117. The third-order valence-electron chi connectivity index (χ3n) is 4.86. The fourth-order valence-electron chi connectivity index (χ4n) is 3.16. The number of carbonyl (C=O) groups excluding carboxylic acids is 2. The number of anilines is 2. The monoisotopic (exact) mass is 484 g/mol. The van der Waals surface area contributed by atoms with Crippen molar-refractivity contribution in [2.75, 3.05) is 17.6 Å². The largest absolute Gasteiger partial charge is 0.398 e. The van der Waals surface area contributed by atoms with E-state index >= 15 is 0 Å². The average Bonchev–Trinajstić information content (AvgIpc) is 2.81. The Labute approximate surface area is 200 Å². The van der Waals surface area contributed by atoms with Gasteiger partial charge in [0.1, 0.15) is 5.84 Å². The van der Waals surface area contributed by atoms with Crippen LogP contribution in [0.25, 0.3) is 0 Å². The van der Waals surface area contributed by atoms with Crippen molar-refractivity contribution in [1.29, 1.82) is 0 Å². The van der Waals surface area contributed by atoms with Crippen molar-refractivity contribution in [2.45, 2.75) is 12.3 Å². The third-order valence-corrected chi connectivity index (χ3v) is 5.60. The van der Waals surface area contributed by atoms with Gasteiger partial charge in [0.2, 0.25) is 5.91 Å². The molecule has 0 fully saturated rings. The highest BCUT2D eigenvalue weighted by Gasteiger charge is 2.21.